The monoisotopic (exact) mass is 805 g/mol. The van der Waals surface area contributed by atoms with Crippen LogP contribution in [0.3, 0.4) is 0 Å². The Morgan fingerprint density at radius 2 is 1.95 bits per heavy atom. The summed E-state index contributed by atoms with van der Waals surface area (Å²) in [6.45, 7) is 7.66. The number of benzene rings is 1. The van der Waals surface area contributed by atoms with Gasteiger partial charge in [-0.15, -0.1) is 11.8 Å². The van der Waals surface area contributed by atoms with E-state index in [9.17, 15) is 0 Å². The zero-order chi connectivity index (χ0) is 27.7. The van der Waals surface area contributed by atoms with E-state index in [1.807, 2.05) is 49.1 Å². The van der Waals surface area contributed by atoms with Gasteiger partial charge in [0.2, 0.25) is 0 Å². The van der Waals surface area contributed by atoms with E-state index >= 15 is 0 Å². The minimum absolute atomic E-state index is 0.271. The van der Waals surface area contributed by atoms with Crippen LogP contribution in [0.25, 0.3) is 0 Å². The van der Waals surface area contributed by atoms with Crippen molar-refractivity contribution in [3.8, 4) is 29.4 Å². The highest BCUT2D eigenvalue weighted by molar-refractivity contribution is 14.2. The number of hydrogen-bond acceptors (Lipinski definition) is 7. The van der Waals surface area contributed by atoms with Gasteiger partial charge in [0.25, 0.3) is 0 Å². The number of nitrogens with zero attached hydrogens (tertiary/aromatic N) is 3. The van der Waals surface area contributed by atoms with Gasteiger partial charge < -0.3 is 18.7 Å². The average Bonchev–Trinajstić information content (AvgIpc) is 3.48. The van der Waals surface area contributed by atoms with Gasteiger partial charge in [-0.2, -0.15) is 0 Å². The van der Waals surface area contributed by atoms with Gasteiger partial charge in [0.1, 0.15) is 31.3 Å². The molecule has 0 amide bonds. The summed E-state index contributed by atoms with van der Waals surface area (Å²) in [4.78, 5) is 10.9. The highest BCUT2D eigenvalue weighted by Gasteiger charge is 2.22. The molecule has 1 aliphatic rings. The van der Waals surface area contributed by atoms with Gasteiger partial charge in [-0.25, -0.2) is 0 Å². The molecule has 1 aliphatic carbocycles. The number of thioether (sulfide) groups is 1. The Morgan fingerprint density at radius 3 is 2.62 bits per heavy atom. The Labute approximate surface area is 266 Å². The molecule has 0 N–H and O–H groups in total. The van der Waals surface area contributed by atoms with Crippen molar-refractivity contribution >= 4 is 81.1 Å². The summed E-state index contributed by atoms with van der Waals surface area (Å²) in [5.41, 5.74) is 4.37. The maximum Gasteiger partial charge on any atom is 0.135 e. The Bertz CT molecular complexity index is 1220. The molecule has 3 rings (SSSR count). The Kier molecular flexibility index (Phi) is 16.1. The number of aromatic nitrogens is 1. The minimum Gasteiger partial charge on any atom is -0.487 e. The third kappa shape index (κ3) is 11.5. The molecule has 39 heavy (non-hydrogen) atoms. The molecule has 2 aromatic rings. The predicted octanol–water partition coefficient (Wildman–Crippen LogP) is 8.10. The highest BCUT2D eigenvalue weighted by atomic mass is 127. The lowest BCUT2D eigenvalue weighted by molar-refractivity contribution is 0.347. The largest absolute Gasteiger partial charge is 0.487 e. The molecule has 11 heteroatoms. The number of halogens is 2. The molecule has 1 heterocycles. The third-order valence-corrected chi connectivity index (χ3v) is 9.58. The number of anilines is 1. The second kappa shape index (κ2) is 19.3. The summed E-state index contributed by atoms with van der Waals surface area (Å²) >= 11 is 6.34. The van der Waals surface area contributed by atoms with E-state index in [1.54, 1.807) is 6.20 Å². The molecule has 1 fully saturated rings. The summed E-state index contributed by atoms with van der Waals surface area (Å²) in [7, 11) is 0. The van der Waals surface area contributed by atoms with E-state index < -0.39 is 0 Å². The van der Waals surface area contributed by atoms with Crippen molar-refractivity contribution in [2.45, 2.75) is 37.9 Å². The lowest BCUT2D eigenvalue weighted by Crippen LogP contribution is -2.28. The fourth-order valence-corrected chi connectivity index (χ4v) is 6.45. The van der Waals surface area contributed by atoms with E-state index in [0.717, 1.165) is 34.1 Å². The fraction of sp³-hybridized carbons (Fsp3) is 0.357. The maximum absolute atomic E-state index is 6.34. The van der Waals surface area contributed by atoms with Crippen molar-refractivity contribution in [2.24, 2.45) is 4.99 Å². The van der Waals surface area contributed by atoms with E-state index in [0.29, 0.717) is 37.1 Å². The molecule has 1 saturated carbocycles. The summed E-state index contributed by atoms with van der Waals surface area (Å²) in [5, 5.41) is 0.648. The molecule has 6 nitrogen and oxygen atoms in total. The smallest absolute Gasteiger partial charge is 0.135 e. The molecule has 0 saturated heterocycles. The first-order valence-electron chi connectivity index (χ1n) is 12.3. The lowest BCUT2D eigenvalue weighted by Gasteiger charge is -2.28. The summed E-state index contributed by atoms with van der Waals surface area (Å²) < 4.78 is 17.1. The summed E-state index contributed by atoms with van der Waals surface area (Å²) in [6, 6.07) is 9.93. The second-order valence-corrected chi connectivity index (χ2v) is 13.2. The van der Waals surface area contributed by atoms with Crippen LogP contribution < -0.4 is 9.64 Å². The average molecular weight is 805 g/mol. The number of ether oxygens (including phenoxy) is 1. The number of aliphatic imine (C=N–C) groups is 1. The highest BCUT2D eigenvalue weighted by Crippen LogP contribution is 2.33. The van der Waals surface area contributed by atoms with Crippen LogP contribution in [0.5, 0.6) is 5.75 Å². The van der Waals surface area contributed by atoms with Gasteiger partial charge in [-0.05, 0) is 112 Å². The van der Waals surface area contributed by atoms with Crippen LogP contribution in [0.15, 0.2) is 59.1 Å². The Balaban J connectivity index is 1.90. The van der Waals surface area contributed by atoms with Crippen LogP contribution in [0.2, 0.25) is 0 Å². The van der Waals surface area contributed by atoms with Gasteiger partial charge >= 0.3 is 0 Å². The van der Waals surface area contributed by atoms with Gasteiger partial charge in [-0.1, -0.05) is 30.6 Å². The van der Waals surface area contributed by atoms with Crippen molar-refractivity contribution in [1.82, 2.24) is 4.98 Å². The van der Waals surface area contributed by atoms with Gasteiger partial charge in [0, 0.05) is 17.0 Å². The minimum atomic E-state index is 0.271. The predicted molar refractivity (Wildman–Crippen MR) is 186 cm³/mol. The van der Waals surface area contributed by atoms with E-state index in [4.69, 9.17) is 13.8 Å². The van der Waals surface area contributed by atoms with Crippen molar-refractivity contribution < 1.29 is 13.8 Å². The topological polar surface area (TPSA) is 56.2 Å². The van der Waals surface area contributed by atoms with Gasteiger partial charge in [0.15, 0.2) is 0 Å². The second-order valence-electron chi connectivity index (χ2n) is 8.40. The molecule has 1 aromatic heterocycles. The Morgan fingerprint density at radius 1 is 1.18 bits per heavy atom. The van der Waals surface area contributed by atoms with Crippen LogP contribution in [-0.4, -0.2) is 42.6 Å². The molecule has 2 unspecified atom stereocenters. The first-order chi connectivity index (χ1) is 19.2. The number of hydrogen-bond donors (Lipinski definition) is 0. The lowest BCUT2D eigenvalue weighted by atomic mass is 10.1. The van der Waals surface area contributed by atoms with Crippen molar-refractivity contribution in [1.29, 1.82) is 0 Å². The molecular formula is C28H31I2N3O3P2S. The quantitative estimate of drug-likeness (QED) is 0.0510. The summed E-state index contributed by atoms with van der Waals surface area (Å²) in [6.07, 6.45) is 8.74. The van der Waals surface area contributed by atoms with Gasteiger partial charge in [0.05, 0.1) is 36.4 Å². The Hall–Kier alpha value is -0.910. The normalized spacial score (nSPS) is 14.1. The summed E-state index contributed by atoms with van der Waals surface area (Å²) in [5.74, 6) is 14.0. The zero-order valence-electron chi connectivity index (χ0n) is 21.7. The first kappa shape index (κ1) is 32.6. The van der Waals surface area contributed by atoms with Crippen LogP contribution in [0.4, 0.5) is 5.69 Å². The van der Waals surface area contributed by atoms with Crippen LogP contribution in [-0.2, 0) is 9.05 Å². The maximum atomic E-state index is 6.34. The zero-order valence-corrected chi connectivity index (χ0v) is 28.8. The molecular weight excluding hydrogens is 774 g/mol. The third-order valence-electron chi connectivity index (χ3n) is 5.86. The first-order valence-corrected chi connectivity index (χ1v) is 21.4. The molecule has 0 bridgehead atoms. The van der Waals surface area contributed by atoms with E-state index in [1.165, 1.54) is 25.7 Å². The molecule has 1 aromatic carbocycles. The molecule has 206 valence electrons. The molecule has 0 spiro atoms. The molecule has 2 atom stereocenters. The van der Waals surface area contributed by atoms with Crippen LogP contribution >= 0.6 is 68.7 Å². The number of allylic oxidation sites excluding steroid dienone is 1. The number of aryl methyl sites for hydroxylation is 1. The standard InChI is InChI=1S/C28H31I2N3O3P2S/c1-22-18-25(14-13-23(22)8-6-16-35-37-29)34-20-28(27(31-2)12-7-17-36-38-30)33(24-9-5-15-32-19-24)21-39-26-10-3-4-11-26/h5,9,13-15,18-19,26,37-38H,2-4,10-11,16-17,20-21H2,1H3/b28-27-. The van der Waals surface area contributed by atoms with Crippen LogP contribution in [0.1, 0.15) is 36.8 Å². The van der Waals surface area contributed by atoms with Crippen molar-refractivity contribution in [3.63, 3.8) is 0 Å². The van der Waals surface area contributed by atoms with Gasteiger partial charge in [-0.3, -0.25) is 9.98 Å². The number of rotatable bonds is 13. The van der Waals surface area contributed by atoms with E-state index in [-0.39, 0.29) is 6.61 Å². The van der Waals surface area contributed by atoms with Crippen LogP contribution in [0, 0.1) is 30.6 Å². The van der Waals surface area contributed by atoms with Crippen molar-refractivity contribution in [2.75, 3.05) is 30.6 Å². The molecule has 0 aliphatic heterocycles. The SMILES string of the molecule is C=N/C(C#CCOPI)=C(/COc1ccc(C#CCOPI)c(C)c1)N(CSC1CCCC1)c1cccnc1. The fourth-order valence-electron chi connectivity index (χ4n) is 3.93. The van der Waals surface area contributed by atoms with Crippen molar-refractivity contribution in [3.05, 3.63) is 65.2 Å². The molecule has 0 radical (unpaired) electrons. The van der Waals surface area contributed by atoms with E-state index in [2.05, 4.69) is 95.4 Å². The number of pyridine rings is 1.